The molecule has 43 heavy (non-hydrogen) atoms. The van der Waals surface area contributed by atoms with Crippen molar-refractivity contribution in [3.05, 3.63) is 12.7 Å². The summed E-state index contributed by atoms with van der Waals surface area (Å²) in [7, 11) is 0. The van der Waals surface area contributed by atoms with E-state index in [0.717, 1.165) is 6.08 Å². The summed E-state index contributed by atoms with van der Waals surface area (Å²) in [5.74, 6) is -1.72. The zero-order chi connectivity index (χ0) is 31.5. The predicted octanol–water partition coefficient (Wildman–Crippen LogP) is 0.236. The maximum absolute atomic E-state index is 11.3. The molecule has 1 amide bonds. The van der Waals surface area contributed by atoms with Crippen LogP contribution in [0.3, 0.4) is 0 Å². The number of carboxylic acid groups (broad SMARTS) is 1. The molecule has 0 radical (unpaired) electrons. The molecule has 0 rings (SSSR count). The van der Waals surface area contributed by atoms with Crippen molar-refractivity contribution in [3.63, 3.8) is 0 Å². The van der Waals surface area contributed by atoms with Crippen LogP contribution in [0.25, 0.3) is 0 Å². The van der Waals surface area contributed by atoms with Gasteiger partial charge in [0.05, 0.1) is 119 Å². The van der Waals surface area contributed by atoms with Gasteiger partial charge in [-0.2, -0.15) is 0 Å². The maximum atomic E-state index is 11.3. The number of nitrogens with one attached hydrogen (secondary N) is 1. The largest absolute Gasteiger partial charge is 0.481 e. The Kier molecular flexibility index (Phi) is 32.5. The fourth-order valence-electron chi connectivity index (χ4n) is 2.83. The molecule has 15 nitrogen and oxygen atoms in total. The average Bonchev–Trinajstić information content (AvgIpc) is 3.00. The van der Waals surface area contributed by atoms with Crippen LogP contribution in [0.1, 0.15) is 19.3 Å². The topological polar surface area (TPSA) is 176 Å². The van der Waals surface area contributed by atoms with Crippen LogP contribution in [-0.2, 0) is 61.8 Å². The van der Waals surface area contributed by atoms with E-state index in [4.69, 9.17) is 52.5 Å². The minimum Gasteiger partial charge on any atom is -0.481 e. The summed E-state index contributed by atoms with van der Waals surface area (Å²) in [6, 6.07) is 0. The Labute approximate surface area is 254 Å². The minimum absolute atomic E-state index is 0.0130. The lowest BCUT2D eigenvalue weighted by molar-refractivity contribution is -0.139. The first-order valence-electron chi connectivity index (χ1n) is 14.5. The number of aliphatic carboxylic acids is 1. The zero-order valence-electron chi connectivity index (χ0n) is 25.3. The number of ether oxygens (including phenoxy) is 10. The third kappa shape index (κ3) is 35.9. The highest BCUT2D eigenvalue weighted by Crippen LogP contribution is 1.90. The Morgan fingerprint density at radius 3 is 1.16 bits per heavy atom. The molecule has 0 atom stereocenters. The van der Waals surface area contributed by atoms with Gasteiger partial charge in [-0.25, -0.2) is 4.79 Å². The van der Waals surface area contributed by atoms with E-state index in [1.165, 1.54) is 0 Å². The first-order chi connectivity index (χ1) is 21.1. The van der Waals surface area contributed by atoms with Gasteiger partial charge in [0, 0.05) is 25.6 Å². The first kappa shape index (κ1) is 40.8. The molecule has 0 fully saturated rings. The molecule has 0 aromatic carbocycles. The van der Waals surface area contributed by atoms with Gasteiger partial charge < -0.3 is 57.8 Å². The average molecular weight is 626 g/mol. The molecule has 15 heteroatoms. The van der Waals surface area contributed by atoms with Crippen molar-refractivity contribution >= 4 is 17.8 Å². The van der Waals surface area contributed by atoms with E-state index < -0.39 is 11.9 Å². The van der Waals surface area contributed by atoms with E-state index in [1.807, 2.05) is 0 Å². The van der Waals surface area contributed by atoms with Crippen molar-refractivity contribution in [2.75, 3.05) is 132 Å². The van der Waals surface area contributed by atoms with Gasteiger partial charge in [-0.3, -0.25) is 9.59 Å². The van der Waals surface area contributed by atoms with Crippen LogP contribution in [0.4, 0.5) is 0 Å². The normalized spacial score (nSPS) is 11.0. The quantitative estimate of drug-likeness (QED) is 0.0556. The van der Waals surface area contributed by atoms with Crippen LogP contribution in [0, 0.1) is 0 Å². The van der Waals surface area contributed by atoms with E-state index >= 15 is 0 Å². The van der Waals surface area contributed by atoms with E-state index in [0.29, 0.717) is 132 Å². The summed E-state index contributed by atoms with van der Waals surface area (Å²) in [6.45, 7) is 12.1. The van der Waals surface area contributed by atoms with Crippen LogP contribution in [0.15, 0.2) is 12.7 Å². The molecular formula is C28H51NO14. The fraction of sp³-hybridized carbons (Fsp3) is 0.821. The summed E-state index contributed by atoms with van der Waals surface area (Å²) in [5, 5.41) is 11.2. The second-order valence-corrected chi connectivity index (χ2v) is 8.48. The van der Waals surface area contributed by atoms with Gasteiger partial charge in [-0.05, 0) is 6.42 Å². The van der Waals surface area contributed by atoms with Gasteiger partial charge in [0.1, 0.15) is 6.61 Å². The highest BCUT2D eigenvalue weighted by Gasteiger charge is 2.04. The van der Waals surface area contributed by atoms with Crippen LogP contribution >= 0.6 is 0 Å². The van der Waals surface area contributed by atoms with Crippen LogP contribution in [-0.4, -0.2) is 155 Å². The van der Waals surface area contributed by atoms with Crippen molar-refractivity contribution in [2.45, 2.75) is 19.3 Å². The molecule has 0 saturated heterocycles. The van der Waals surface area contributed by atoms with Crippen LogP contribution < -0.4 is 5.32 Å². The predicted molar refractivity (Wildman–Crippen MR) is 153 cm³/mol. The Hall–Kier alpha value is -2.21. The van der Waals surface area contributed by atoms with Gasteiger partial charge in [-0.1, -0.05) is 6.58 Å². The standard InChI is InChI=1S/C28H51NO14/c1-2-28(33)43-25-24-42-23-22-41-21-20-40-19-18-39-17-16-38-15-14-37-13-12-36-11-10-35-9-8-34-7-3-6-29-26(30)4-5-27(31)32/h2H,1,3-25H2,(H,29,30)(H,31,32). The molecule has 0 spiro atoms. The van der Waals surface area contributed by atoms with E-state index in [1.54, 1.807) is 0 Å². The van der Waals surface area contributed by atoms with Crippen LogP contribution in [0.2, 0.25) is 0 Å². The highest BCUT2D eigenvalue weighted by molar-refractivity contribution is 5.81. The van der Waals surface area contributed by atoms with Gasteiger partial charge in [0.2, 0.25) is 5.91 Å². The number of hydrogen-bond donors (Lipinski definition) is 2. The van der Waals surface area contributed by atoms with Crippen molar-refractivity contribution in [1.82, 2.24) is 5.32 Å². The first-order valence-corrected chi connectivity index (χ1v) is 14.5. The molecule has 2 N–H and O–H groups in total. The van der Waals surface area contributed by atoms with Crippen molar-refractivity contribution in [2.24, 2.45) is 0 Å². The second kappa shape index (κ2) is 34.3. The third-order valence-electron chi connectivity index (χ3n) is 4.97. The Bertz CT molecular complexity index is 667. The summed E-state index contributed by atoms with van der Waals surface area (Å²) in [5.41, 5.74) is 0. The smallest absolute Gasteiger partial charge is 0.330 e. The summed E-state index contributed by atoms with van der Waals surface area (Å²) < 4.78 is 53.3. The van der Waals surface area contributed by atoms with Gasteiger partial charge in [0.25, 0.3) is 0 Å². The Morgan fingerprint density at radius 1 is 0.512 bits per heavy atom. The number of hydrogen-bond acceptors (Lipinski definition) is 13. The molecule has 0 aromatic rings. The van der Waals surface area contributed by atoms with Crippen LogP contribution in [0.5, 0.6) is 0 Å². The summed E-state index contributed by atoms with van der Waals surface area (Å²) in [6.07, 6.45) is 1.58. The zero-order valence-corrected chi connectivity index (χ0v) is 25.3. The van der Waals surface area contributed by atoms with Gasteiger partial charge in [0.15, 0.2) is 0 Å². The number of carboxylic acids is 1. The monoisotopic (exact) mass is 625 g/mol. The maximum Gasteiger partial charge on any atom is 0.330 e. The number of esters is 1. The lowest BCUT2D eigenvalue weighted by atomic mass is 10.3. The third-order valence-corrected chi connectivity index (χ3v) is 4.97. The van der Waals surface area contributed by atoms with Crippen molar-refractivity contribution < 1.29 is 66.9 Å². The molecule has 0 aromatic heterocycles. The molecule has 0 bridgehead atoms. The highest BCUT2D eigenvalue weighted by atomic mass is 16.6. The van der Waals surface area contributed by atoms with E-state index in [9.17, 15) is 14.4 Å². The molecule has 0 aliphatic carbocycles. The fourth-order valence-corrected chi connectivity index (χ4v) is 2.83. The number of carbonyl (C=O) groups excluding carboxylic acids is 2. The second-order valence-electron chi connectivity index (χ2n) is 8.48. The molecule has 0 aliphatic heterocycles. The Morgan fingerprint density at radius 2 is 0.837 bits per heavy atom. The molecular weight excluding hydrogens is 574 g/mol. The lowest BCUT2D eigenvalue weighted by Gasteiger charge is -2.09. The van der Waals surface area contributed by atoms with Crippen molar-refractivity contribution in [3.8, 4) is 0 Å². The molecule has 0 heterocycles. The molecule has 0 aliphatic rings. The minimum atomic E-state index is -0.986. The summed E-state index contributed by atoms with van der Waals surface area (Å²) >= 11 is 0. The Balaban J connectivity index is 3.10. The van der Waals surface area contributed by atoms with Crippen molar-refractivity contribution in [1.29, 1.82) is 0 Å². The number of carbonyl (C=O) groups is 3. The lowest BCUT2D eigenvalue weighted by Crippen LogP contribution is -2.25. The molecule has 0 unspecified atom stereocenters. The van der Waals surface area contributed by atoms with Gasteiger partial charge >= 0.3 is 11.9 Å². The number of rotatable bonds is 35. The van der Waals surface area contributed by atoms with Gasteiger partial charge in [-0.15, -0.1) is 0 Å². The molecule has 0 saturated carbocycles. The van der Waals surface area contributed by atoms with E-state index in [-0.39, 0.29) is 25.4 Å². The number of amides is 1. The molecule has 252 valence electrons. The van der Waals surface area contributed by atoms with E-state index in [2.05, 4.69) is 11.9 Å². The SMILES string of the molecule is C=CC(=O)OCCOCCOCCOCCOCCOCCOCCOCCOCCOCCCNC(=O)CCC(=O)O. The summed E-state index contributed by atoms with van der Waals surface area (Å²) in [4.78, 5) is 32.6.